The second-order valence-corrected chi connectivity index (χ2v) is 8.44. The van der Waals surface area contributed by atoms with Crippen molar-refractivity contribution in [2.45, 2.75) is 26.8 Å². The number of ether oxygens (including phenoxy) is 3. The van der Waals surface area contributed by atoms with E-state index in [1.807, 2.05) is 39.0 Å². The van der Waals surface area contributed by atoms with E-state index in [0.29, 0.717) is 34.2 Å². The van der Waals surface area contributed by atoms with Crippen molar-refractivity contribution in [2.75, 3.05) is 19.5 Å². The number of aryl methyl sites for hydroxylation is 2. The highest BCUT2D eigenvalue weighted by molar-refractivity contribution is 5.91. The molecule has 186 valence electrons. The largest absolute Gasteiger partial charge is 0.493 e. The molecule has 2 N–H and O–H groups in total. The van der Waals surface area contributed by atoms with E-state index in [0.717, 1.165) is 22.1 Å². The first-order chi connectivity index (χ1) is 17.3. The van der Waals surface area contributed by atoms with Gasteiger partial charge in [0.15, 0.2) is 11.5 Å². The molecule has 1 aromatic heterocycles. The van der Waals surface area contributed by atoms with Crippen molar-refractivity contribution in [1.82, 2.24) is 10.3 Å². The van der Waals surface area contributed by atoms with E-state index in [4.69, 9.17) is 14.2 Å². The number of rotatable bonds is 7. The van der Waals surface area contributed by atoms with Crippen molar-refractivity contribution in [3.8, 4) is 23.0 Å². The van der Waals surface area contributed by atoms with E-state index < -0.39 is 0 Å². The van der Waals surface area contributed by atoms with Crippen LogP contribution in [-0.4, -0.2) is 25.2 Å². The molecule has 0 aliphatic heterocycles. The molecule has 0 aliphatic carbocycles. The highest BCUT2D eigenvalue weighted by Crippen LogP contribution is 2.38. The van der Waals surface area contributed by atoms with Gasteiger partial charge in [0.25, 0.3) is 0 Å². The number of anilines is 1. The number of benzene rings is 3. The minimum atomic E-state index is -0.357. The van der Waals surface area contributed by atoms with E-state index in [2.05, 4.69) is 15.6 Å². The van der Waals surface area contributed by atoms with Crippen molar-refractivity contribution in [3.05, 3.63) is 83.3 Å². The first-order valence-corrected chi connectivity index (χ1v) is 11.4. The third-order valence-electron chi connectivity index (χ3n) is 5.91. The standard InChI is InChI=1S/C28H28FN3O4/c1-16-13-25(36-24-10-11-30-23-15-27(35-5)26(34-4)14-21(23)24)17(2)12-22(16)32-28(33)31-18(3)19-6-8-20(29)9-7-19/h6-15,18H,1-5H3,(H2,31,32,33)/t18-/m1/s1. The Morgan fingerprint density at radius 2 is 1.58 bits per heavy atom. The molecule has 2 amide bonds. The number of urea groups is 1. The van der Waals surface area contributed by atoms with Gasteiger partial charge in [-0.05, 0) is 73.9 Å². The Labute approximate surface area is 209 Å². The SMILES string of the molecule is COc1cc2nccc(Oc3cc(C)c(NC(=O)N[C@H](C)c4ccc(F)cc4)cc3C)c2cc1OC. The number of pyridine rings is 1. The number of nitrogens with zero attached hydrogens (tertiary/aromatic N) is 1. The zero-order valence-corrected chi connectivity index (χ0v) is 20.8. The molecule has 4 aromatic rings. The van der Waals surface area contributed by atoms with E-state index >= 15 is 0 Å². The number of aromatic nitrogens is 1. The Kier molecular flexibility index (Phi) is 7.24. The molecule has 0 aliphatic rings. The van der Waals surface area contributed by atoms with Crippen LogP contribution in [0.3, 0.4) is 0 Å². The Morgan fingerprint density at radius 3 is 2.28 bits per heavy atom. The van der Waals surface area contributed by atoms with E-state index in [-0.39, 0.29) is 17.9 Å². The predicted octanol–water partition coefficient (Wildman–Crippen LogP) is 6.68. The number of amides is 2. The lowest BCUT2D eigenvalue weighted by molar-refractivity contribution is 0.249. The smallest absolute Gasteiger partial charge is 0.319 e. The summed E-state index contributed by atoms with van der Waals surface area (Å²) in [6.45, 7) is 5.64. The van der Waals surface area contributed by atoms with Gasteiger partial charge in [0.1, 0.15) is 17.3 Å². The second-order valence-electron chi connectivity index (χ2n) is 8.44. The van der Waals surface area contributed by atoms with Gasteiger partial charge in [0.2, 0.25) is 0 Å². The number of nitrogens with one attached hydrogen (secondary N) is 2. The summed E-state index contributed by atoms with van der Waals surface area (Å²) in [6, 6.07) is 14.6. The summed E-state index contributed by atoms with van der Waals surface area (Å²) < 4.78 is 30.3. The molecule has 36 heavy (non-hydrogen) atoms. The Hall–Kier alpha value is -4.33. The maximum atomic E-state index is 13.2. The molecule has 1 atom stereocenters. The summed E-state index contributed by atoms with van der Waals surface area (Å²) in [4.78, 5) is 17.0. The normalized spacial score (nSPS) is 11.6. The average molecular weight is 490 g/mol. The van der Waals surface area contributed by atoms with Gasteiger partial charge in [-0.1, -0.05) is 12.1 Å². The molecule has 0 unspecified atom stereocenters. The van der Waals surface area contributed by atoms with Crippen LogP contribution in [0.25, 0.3) is 10.9 Å². The van der Waals surface area contributed by atoms with Crippen molar-refractivity contribution in [2.24, 2.45) is 0 Å². The average Bonchev–Trinajstić information content (AvgIpc) is 2.86. The van der Waals surface area contributed by atoms with E-state index in [1.165, 1.54) is 12.1 Å². The first-order valence-electron chi connectivity index (χ1n) is 11.4. The van der Waals surface area contributed by atoms with Gasteiger partial charge >= 0.3 is 6.03 Å². The van der Waals surface area contributed by atoms with Gasteiger partial charge in [-0.25, -0.2) is 9.18 Å². The summed E-state index contributed by atoms with van der Waals surface area (Å²) in [5.41, 5.74) is 3.85. The van der Waals surface area contributed by atoms with Crippen LogP contribution in [0.15, 0.2) is 60.8 Å². The second kappa shape index (κ2) is 10.5. The number of halogens is 1. The van der Waals surface area contributed by atoms with E-state index in [1.54, 1.807) is 44.7 Å². The summed E-state index contributed by atoms with van der Waals surface area (Å²) in [6.07, 6.45) is 1.67. The molecule has 0 saturated heterocycles. The van der Waals surface area contributed by atoms with Crippen molar-refractivity contribution in [3.63, 3.8) is 0 Å². The summed E-state index contributed by atoms with van der Waals surface area (Å²) in [5, 5.41) is 6.55. The lowest BCUT2D eigenvalue weighted by Gasteiger charge is -2.18. The molecule has 0 spiro atoms. The van der Waals surface area contributed by atoms with Crippen LogP contribution >= 0.6 is 0 Å². The molecule has 1 heterocycles. The molecular formula is C28H28FN3O4. The summed E-state index contributed by atoms with van der Waals surface area (Å²) in [7, 11) is 3.16. The third kappa shape index (κ3) is 5.33. The molecule has 0 bridgehead atoms. The topological polar surface area (TPSA) is 81.7 Å². The lowest BCUT2D eigenvalue weighted by atomic mass is 10.1. The van der Waals surface area contributed by atoms with Crippen LogP contribution in [0.1, 0.15) is 29.7 Å². The van der Waals surface area contributed by atoms with Crippen LogP contribution in [0.4, 0.5) is 14.9 Å². The monoisotopic (exact) mass is 489 g/mol. The molecule has 0 saturated carbocycles. The van der Waals surface area contributed by atoms with Crippen LogP contribution in [0, 0.1) is 19.7 Å². The van der Waals surface area contributed by atoms with Gasteiger partial charge in [-0.2, -0.15) is 0 Å². The van der Waals surface area contributed by atoms with E-state index in [9.17, 15) is 9.18 Å². The van der Waals surface area contributed by atoms with Crippen LogP contribution in [-0.2, 0) is 0 Å². The van der Waals surface area contributed by atoms with Crippen molar-refractivity contribution >= 4 is 22.6 Å². The van der Waals surface area contributed by atoms with Gasteiger partial charge in [-0.15, -0.1) is 0 Å². The van der Waals surface area contributed by atoms with Gasteiger partial charge in [-0.3, -0.25) is 4.98 Å². The zero-order valence-electron chi connectivity index (χ0n) is 20.8. The first kappa shape index (κ1) is 24.8. The molecule has 0 radical (unpaired) electrons. The molecule has 3 aromatic carbocycles. The highest BCUT2D eigenvalue weighted by atomic mass is 19.1. The molecular weight excluding hydrogens is 461 g/mol. The fraction of sp³-hybridized carbons (Fsp3) is 0.214. The summed E-state index contributed by atoms with van der Waals surface area (Å²) >= 11 is 0. The van der Waals surface area contributed by atoms with Crippen molar-refractivity contribution in [1.29, 1.82) is 0 Å². The maximum Gasteiger partial charge on any atom is 0.319 e. The number of methoxy groups -OCH3 is 2. The van der Waals surface area contributed by atoms with Crippen LogP contribution in [0.5, 0.6) is 23.0 Å². The zero-order chi connectivity index (χ0) is 25.8. The predicted molar refractivity (Wildman–Crippen MR) is 138 cm³/mol. The minimum absolute atomic E-state index is 0.287. The van der Waals surface area contributed by atoms with Crippen molar-refractivity contribution < 1.29 is 23.4 Å². The van der Waals surface area contributed by atoms with Crippen LogP contribution < -0.4 is 24.8 Å². The molecule has 7 nitrogen and oxygen atoms in total. The van der Waals surface area contributed by atoms with Crippen LogP contribution in [0.2, 0.25) is 0 Å². The molecule has 4 rings (SSSR count). The number of hydrogen-bond acceptors (Lipinski definition) is 5. The Morgan fingerprint density at radius 1 is 0.889 bits per heavy atom. The Bertz CT molecular complexity index is 1410. The molecule has 8 heteroatoms. The fourth-order valence-electron chi connectivity index (χ4n) is 3.88. The number of hydrogen-bond donors (Lipinski definition) is 2. The number of carbonyl (C=O) groups is 1. The fourth-order valence-corrected chi connectivity index (χ4v) is 3.88. The van der Waals surface area contributed by atoms with Gasteiger partial charge < -0.3 is 24.8 Å². The Balaban J connectivity index is 1.53. The third-order valence-corrected chi connectivity index (χ3v) is 5.91. The summed E-state index contributed by atoms with van der Waals surface area (Å²) in [5.74, 6) is 2.12. The van der Waals surface area contributed by atoms with Gasteiger partial charge in [0.05, 0.1) is 25.8 Å². The minimum Gasteiger partial charge on any atom is -0.493 e. The quantitative estimate of drug-likeness (QED) is 0.303. The highest BCUT2D eigenvalue weighted by Gasteiger charge is 2.15. The number of fused-ring (bicyclic) bond motifs is 1. The van der Waals surface area contributed by atoms with Gasteiger partial charge in [0, 0.05) is 23.3 Å². The maximum absolute atomic E-state index is 13.2. The molecule has 0 fully saturated rings. The number of carbonyl (C=O) groups excluding carboxylic acids is 1. The lowest BCUT2D eigenvalue weighted by Crippen LogP contribution is -2.31.